The largest absolute Gasteiger partial charge is 0.504 e. The number of ether oxygens (including phenoxy) is 4. The third kappa shape index (κ3) is 5.88. The highest BCUT2D eigenvalue weighted by atomic mass is 16.6. The van der Waals surface area contributed by atoms with Gasteiger partial charge in [-0.1, -0.05) is 6.07 Å². The maximum absolute atomic E-state index is 14.0. The number of methoxy groups -OCH3 is 4. The number of hydrogen-bond donors (Lipinski definition) is 1. The first-order valence-corrected chi connectivity index (χ1v) is 12.5. The fraction of sp³-hybridized carbons (Fsp3) is 0.276. The van der Waals surface area contributed by atoms with E-state index < -0.39 is 4.92 Å². The SMILES string of the molecule is COc1ccc(/C=C(/C(=O)N2CCN(c3ccc([N+](=O)[O-])cc3)CC2)c2cc(OC)c(OC)c(OC)c2)cc1O. The zero-order chi connectivity index (χ0) is 28.8. The number of nitro benzene ring substituents is 1. The van der Waals surface area contributed by atoms with Crippen molar-refractivity contribution in [2.24, 2.45) is 0 Å². The Labute approximate surface area is 231 Å². The second-order valence-electron chi connectivity index (χ2n) is 8.96. The molecular formula is C29H31N3O8. The van der Waals surface area contributed by atoms with Gasteiger partial charge in [-0.25, -0.2) is 0 Å². The van der Waals surface area contributed by atoms with Crippen molar-refractivity contribution in [2.45, 2.75) is 0 Å². The molecule has 40 heavy (non-hydrogen) atoms. The Kier molecular flexibility index (Phi) is 8.63. The molecule has 0 saturated carbocycles. The van der Waals surface area contributed by atoms with Gasteiger partial charge in [-0.3, -0.25) is 14.9 Å². The van der Waals surface area contributed by atoms with Crippen LogP contribution in [0.5, 0.6) is 28.7 Å². The quantitative estimate of drug-likeness (QED) is 0.181. The molecule has 11 heteroatoms. The molecular weight excluding hydrogens is 518 g/mol. The van der Waals surface area contributed by atoms with Crippen LogP contribution in [-0.4, -0.2) is 75.5 Å². The molecule has 1 heterocycles. The van der Waals surface area contributed by atoms with Crippen molar-refractivity contribution in [1.29, 1.82) is 0 Å². The summed E-state index contributed by atoms with van der Waals surface area (Å²) in [7, 11) is 5.98. The summed E-state index contributed by atoms with van der Waals surface area (Å²) in [6, 6.07) is 14.7. The average molecular weight is 550 g/mol. The third-order valence-corrected chi connectivity index (χ3v) is 6.71. The highest BCUT2D eigenvalue weighted by Crippen LogP contribution is 2.41. The van der Waals surface area contributed by atoms with Crippen LogP contribution in [0, 0.1) is 10.1 Å². The molecule has 1 N–H and O–H groups in total. The van der Waals surface area contributed by atoms with Gasteiger partial charge < -0.3 is 33.9 Å². The molecule has 3 aromatic rings. The minimum atomic E-state index is -0.431. The molecule has 0 atom stereocenters. The smallest absolute Gasteiger partial charge is 0.269 e. The summed E-state index contributed by atoms with van der Waals surface area (Å²) in [5.74, 6) is 1.25. The summed E-state index contributed by atoms with van der Waals surface area (Å²) in [6.07, 6.45) is 1.70. The lowest BCUT2D eigenvalue weighted by Crippen LogP contribution is -2.49. The minimum Gasteiger partial charge on any atom is -0.504 e. The first-order chi connectivity index (χ1) is 19.3. The highest BCUT2D eigenvalue weighted by molar-refractivity contribution is 6.24. The summed E-state index contributed by atoms with van der Waals surface area (Å²) in [4.78, 5) is 28.4. The van der Waals surface area contributed by atoms with E-state index in [0.29, 0.717) is 65.9 Å². The Morgan fingerprint density at radius 1 is 0.850 bits per heavy atom. The third-order valence-electron chi connectivity index (χ3n) is 6.71. The van der Waals surface area contributed by atoms with E-state index >= 15 is 0 Å². The van der Waals surface area contributed by atoms with Gasteiger partial charge in [0.2, 0.25) is 5.75 Å². The first-order valence-electron chi connectivity index (χ1n) is 12.5. The number of nitrogens with zero attached hydrogens (tertiary/aromatic N) is 3. The van der Waals surface area contributed by atoms with Crippen LogP contribution in [0.3, 0.4) is 0 Å². The number of carbonyl (C=O) groups is 1. The van der Waals surface area contributed by atoms with Gasteiger partial charge in [-0.2, -0.15) is 0 Å². The van der Waals surface area contributed by atoms with E-state index in [1.807, 2.05) is 0 Å². The van der Waals surface area contributed by atoms with Crippen molar-refractivity contribution in [3.05, 3.63) is 75.8 Å². The van der Waals surface area contributed by atoms with Crippen molar-refractivity contribution in [2.75, 3.05) is 59.5 Å². The monoisotopic (exact) mass is 549 g/mol. The van der Waals surface area contributed by atoms with Crippen LogP contribution in [-0.2, 0) is 4.79 Å². The molecule has 0 bridgehead atoms. The molecule has 0 unspecified atom stereocenters. The molecule has 1 saturated heterocycles. The number of piperazine rings is 1. The summed E-state index contributed by atoms with van der Waals surface area (Å²) in [6.45, 7) is 1.97. The molecule has 1 aliphatic rings. The lowest BCUT2D eigenvalue weighted by atomic mass is 9.99. The Bertz CT molecular complexity index is 1390. The number of phenols is 1. The first kappa shape index (κ1) is 28.1. The van der Waals surface area contributed by atoms with E-state index in [4.69, 9.17) is 18.9 Å². The van der Waals surface area contributed by atoms with Gasteiger partial charge in [-0.05, 0) is 53.6 Å². The van der Waals surface area contributed by atoms with E-state index in [1.165, 1.54) is 46.6 Å². The summed E-state index contributed by atoms with van der Waals surface area (Å²) < 4.78 is 21.6. The van der Waals surface area contributed by atoms with E-state index in [9.17, 15) is 20.0 Å². The molecule has 1 amide bonds. The van der Waals surface area contributed by atoms with Crippen molar-refractivity contribution >= 4 is 28.9 Å². The number of carbonyl (C=O) groups excluding carboxylic acids is 1. The van der Waals surface area contributed by atoms with E-state index in [0.717, 1.165) is 5.69 Å². The molecule has 0 aromatic heterocycles. The predicted octanol–water partition coefficient (Wildman–Crippen LogP) is 4.22. The van der Waals surface area contributed by atoms with Gasteiger partial charge >= 0.3 is 0 Å². The Hall–Kier alpha value is -4.93. The molecule has 210 valence electrons. The van der Waals surface area contributed by atoms with Crippen molar-refractivity contribution < 1.29 is 33.8 Å². The van der Waals surface area contributed by atoms with Crippen molar-refractivity contribution in [3.63, 3.8) is 0 Å². The number of non-ortho nitro benzene ring substituents is 1. The molecule has 1 fully saturated rings. The molecule has 0 aliphatic carbocycles. The second kappa shape index (κ2) is 12.3. The van der Waals surface area contributed by atoms with Gasteiger partial charge in [0.05, 0.1) is 33.4 Å². The lowest BCUT2D eigenvalue weighted by molar-refractivity contribution is -0.384. The van der Waals surface area contributed by atoms with Crippen LogP contribution < -0.4 is 23.8 Å². The zero-order valence-electron chi connectivity index (χ0n) is 22.7. The van der Waals surface area contributed by atoms with Crippen LogP contribution in [0.15, 0.2) is 54.6 Å². The number of benzene rings is 3. The predicted molar refractivity (Wildman–Crippen MR) is 151 cm³/mol. The van der Waals surface area contributed by atoms with Gasteiger partial charge in [-0.15, -0.1) is 0 Å². The van der Waals surface area contributed by atoms with Crippen molar-refractivity contribution in [1.82, 2.24) is 4.90 Å². The number of aromatic hydroxyl groups is 1. The number of nitro groups is 1. The van der Waals surface area contributed by atoms with Crippen LogP contribution in [0.4, 0.5) is 11.4 Å². The average Bonchev–Trinajstić information content (AvgIpc) is 2.99. The van der Waals surface area contributed by atoms with Crippen LogP contribution in [0.2, 0.25) is 0 Å². The fourth-order valence-electron chi connectivity index (χ4n) is 4.59. The van der Waals surface area contributed by atoms with Crippen molar-refractivity contribution in [3.8, 4) is 28.7 Å². The number of amides is 1. The van der Waals surface area contributed by atoms with E-state index in [1.54, 1.807) is 47.4 Å². The highest BCUT2D eigenvalue weighted by Gasteiger charge is 2.27. The Morgan fingerprint density at radius 2 is 1.45 bits per heavy atom. The second-order valence-corrected chi connectivity index (χ2v) is 8.96. The van der Waals surface area contributed by atoms with Crippen LogP contribution in [0.1, 0.15) is 11.1 Å². The molecule has 3 aromatic carbocycles. The van der Waals surface area contributed by atoms with Gasteiger partial charge in [0.15, 0.2) is 23.0 Å². The minimum absolute atomic E-state index is 0.0299. The van der Waals surface area contributed by atoms with Gasteiger partial charge in [0.25, 0.3) is 11.6 Å². The summed E-state index contributed by atoms with van der Waals surface area (Å²) >= 11 is 0. The Balaban J connectivity index is 1.66. The maximum Gasteiger partial charge on any atom is 0.269 e. The summed E-state index contributed by atoms with van der Waals surface area (Å²) in [5, 5.41) is 21.3. The Morgan fingerprint density at radius 3 is 1.95 bits per heavy atom. The van der Waals surface area contributed by atoms with Gasteiger partial charge in [0.1, 0.15) is 0 Å². The standard InChI is InChI=1S/C29H31N3O8/c1-37-25-10-5-19(16-24(25)33)15-23(20-17-26(38-2)28(40-4)27(18-20)39-3)29(34)31-13-11-30(12-14-31)21-6-8-22(9-7-21)32(35)36/h5-10,15-18,33H,11-14H2,1-4H3/b23-15+. The lowest BCUT2D eigenvalue weighted by Gasteiger charge is -2.36. The van der Waals surface area contributed by atoms with Gasteiger partial charge in [0, 0.05) is 49.6 Å². The van der Waals surface area contributed by atoms with Crippen LogP contribution in [0.25, 0.3) is 11.6 Å². The molecule has 0 radical (unpaired) electrons. The molecule has 0 spiro atoms. The molecule has 11 nitrogen and oxygen atoms in total. The van der Waals surface area contributed by atoms with Crippen LogP contribution >= 0.6 is 0 Å². The maximum atomic E-state index is 14.0. The number of rotatable bonds is 9. The normalized spacial score (nSPS) is 13.6. The zero-order valence-corrected chi connectivity index (χ0v) is 22.7. The van der Waals surface area contributed by atoms with E-state index in [2.05, 4.69) is 4.90 Å². The number of hydrogen-bond acceptors (Lipinski definition) is 9. The molecule has 1 aliphatic heterocycles. The van der Waals surface area contributed by atoms with E-state index in [-0.39, 0.29) is 17.3 Å². The fourth-order valence-corrected chi connectivity index (χ4v) is 4.59. The topological polar surface area (TPSA) is 124 Å². The number of phenolic OH excluding ortho intramolecular Hbond substituents is 1. The summed E-state index contributed by atoms with van der Waals surface area (Å²) in [5.41, 5.74) is 2.40. The number of anilines is 1. The molecule has 4 rings (SSSR count).